The summed E-state index contributed by atoms with van der Waals surface area (Å²) in [4.78, 5) is 25.8. The molecule has 0 aliphatic carbocycles. The number of hydrogen-bond donors (Lipinski definition) is 4. The number of nitrogens with one attached hydrogen (secondary N) is 2. The average molecular weight is 528 g/mol. The fourth-order valence-electron chi connectivity index (χ4n) is 4.82. The zero-order valence-corrected chi connectivity index (χ0v) is 21.8. The van der Waals surface area contributed by atoms with Gasteiger partial charge in [-0.15, -0.1) is 0 Å². The first kappa shape index (κ1) is 28.0. The van der Waals surface area contributed by atoms with E-state index < -0.39 is 18.3 Å². The van der Waals surface area contributed by atoms with Gasteiger partial charge in [-0.1, -0.05) is 43.3 Å². The van der Waals surface area contributed by atoms with Gasteiger partial charge in [-0.25, -0.2) is 4.79 Å². The van der Waals surface area contributed by atoms with Crippen LogP contribution >= 0.6 is 0 Å². The second kappa shape index (κ2) is 13.2. The fourth-order valence-corrected chi connectivity index (χ4v) is 4.82. The number of rotatable bonds is 9. The van der Waals surface area contributed by atoms with Crippen LogP contribution in [-0.4, -0.2) is 72.1 Å². The van der Waals surface area contributed by atoms with Gasteiger partial charge in [-0.3, -0.25) is 9.69 Å². The molecule has 2 saturated heterocycles. The topological polar surface area (TPSA) is 130 Å². The first-order chi connectivity index (χ1) is 18.4. The fraction of sp³-hybridized carbons (Fsp3) is 0.500. The summed E-state index contributed by atoms with van der Waals surface area (Å²) in [7, 11) is 0. The first-order valence-electron chi connectivity index (χ1n) is 13.1. The van der Waals surface area contributed by atoms with E-state index in [1.165, 1.54) is 0 Å². The molecule has 4 rings (SSSR count). The lowest BCUT2D eigenvalue weighted by atomic mass is 9.90. The van der Waals surface area contributed by atoms with Crippen molar-refractivity contribution in [3.8, 4) is 0 Å². The molecule has 0 unspecified atom stereocenters. The quantitative estimate of drug-likeness (QED) is 0.367. The molecule has 0 saturated carbocycles. The number of anilines is 1. The maximum absolute atomic E-state index is 12.1. The Morgan fingerprint density at radius 2 is 1.79 bits per heavy atom. The third kappa shape index (κ3) is 7.30. The van der Waals surface area contributed by atoms with Crippen molar-refractivity contribution in [2.75, 3.05) is 38.1 Å². The Kier molecular flexibility index (Phi) is 9.70. The van der Waals surface area contributed by atoms with Gasteiger partial charge < -0.3 is 35.1 Å². The van der Waals surface area contributed by atoms with Gasteiger partial charge in [0.1, 0.15) is 6.54 Å². The predicted octanol–water partition coefficient (Wildman–Crippen LogP) is 2.72. The van der Waals surface area contributed by atoms with E-state index in [-0.39, 0.29) is 44.0 Å². The number of benzene rings is 2. The summed E-state index contributed by atoms with van der Waals surface area (Å²) >= 11 is 0. The Balaban J connectivity index is 1.46. The normalized spacial score (nSPS) is 25.6. The average Bonchev–Trinajstić information content (AvgIpc) is 3.33. The number of likely N-dealkylation sites (tertiary alicyclic amines) is 1. The molecular weight excluding hydrogens is 490 g/mol. The van der Waals surface area contributed by atoms with Crippen molar-refractivity contribution in [1.82, 2.24) is 10.2 Å². The SMILES string of the molecule is CCOC(=O)CNC(=O)Nc1ccc([C@H]2O[C@@H](CN3CC[C@H](O)C3)[C@@H](C)[C@@H](c3ccc(CO)cc3)O2)cc1. The number of β-amino-alcohol motifs (C(OH)–C–C–N with tert-alkyl or cyclic N) is 1. The second-order valence-electron chi connectivity index (χ2n) is 9.76. The highest BCUT2D eigenvalue weighted by molar-refractivity contribution is 5.91. The number of aliphatic hydroxyl groups is 2. The summed E-state index contributed by atoms with van der Waals surface area (Å²) in [6.07, 6.45) is -0.539. The number of ether oxygens (including phenoxy) is 3. The van der Waals surface area contributed by atoms with E-state index in [9.17, 15) is 19.8 Å². The zero-order valence-electron chi connectivity index (χ0n) is 21.8. The van der Waals surface area contributed by atoms with E-state index in [0.29, 0.717) is 18.8 Å². The largest absolute Gasteiger partial charge is 0.465 e. The molecule has 5 atom stereocenters. The maximum Gasteiger partial charge on any atom is 0.325 e. The van der Waals surface area contributed by atoms with E-state index in [0.717, 1.165) is 29.7 Å². The first-order valence-corrected chi connectivity index (χ1v) is 13.1. The van der Waals surface area contributed by atoms with Gasteiger partial charge >= 0.3 is 12.0 Å². The Bertz CT molecular complexity index is 1060. The monoisotopic (exact) mass is 527 g/mol. The lowest BCUT2D eigenvalue weighted by Crippen LogP contribution is -2.44. The van der Waals surface area contributed by atoms with Crippen molar-refractivity contribution in [1.29, 1.82) is 0 Å². The van der Waals surface area contributed by atoms with Crippen LogP contribution in [0.3, 0.4) is 0 Å². The molecule has 10 heteroatoms. The van der Waals surface area contributed by atoms with E-state index in [4.69, 9.17) is 14.2 Å². The third-order valence-electron chi connectivity index (χ3n) is 6.95. The Morgan fingerprint density at radius 1 is 1.08 bits per heavy atom. The van der Waals surface area contributed by atoms with E-state index in [1.807, 2.05) is 36.4 Å². The molecule has 2 heterocycles. The molecule has 38 heavy (non-hydrogen) atoms. The molecule has 2 amide bonds. The standard InChI is InChI=1S/C28H37N3O7/c1-3-36-25(34)14-29-28(35)30-22-10-8-21(9-11-22)27-37-24(16-31-13-12-23(33)15-31)18(2)26(38-27)20-6-4-19(17-32)5-7-20/h4-11,18,23-24,26-27,32-33H,3,12-17H2,1-2H3,(H2,29,30,35)/t18-,23+,24+,26+,27+/m1/s1. The Morgan fingerprint density at radius 3 is 2.42 bits per heavy atom. The number of urea groups is 1. The number of hydrogen-bond acceptors (Lipinski definition) is 8. The van der Waals surface area contributed by atoms with E-state index >= 15 is 0 Å². The molecule has 0 bridgehead atoms. The smallest absolute Gasteiger partial charge is 0.325 e. The predicted molar refractivity (Wildman–Crippen MR) is 140 cm³/mol. The Labute approximate surface area is 222 Å². The molecule has 0 radical (unpaired) electrons. The summed E-state index contributed by atoms with van der Waals surface area (Å²) in [6.45, 7) is 5.98. The molecule has 2 aromatic rings. The highest BCUT2D eigenvalue weighted by Crippen LogP contribution is 2.42. The van der Waals surface area contributed by atoms with E-state index in [1.54, 1.807) is 19.1 Å². The van der Waals surface area contributed by atoms with Crippen molar-refractivity contribution >= 4 is 17.7 Å². The molecule has 10 nitrogen and oxygen atoms in total. The lowest BCUT2D eigenvalue weighted by molar-refractivity contribution is -0.276. The van der Waals surface area contributed by atoms with Crippen LogP contribution in [0.1, 0.15) is 49.4 Å². The van der Waals surface area contributed by atoms with Gasteiger partial charge in [0.2, 0.25) is 0 Å². The summed E-state index contributed by atoms with van der Waals surface area (Å²) in [5, 5.41) is 24.6. The third-order valence-corrected chi connectivity index (χ3v) is 6.95. The molecular formula is C28H37N3O7. The Hall–Kier alpha value is -3.02. The number of amides is 2. The number of nitrogens with zero attached hydrogens (tertiary/aromatic N) is 1. The molecule has 2 aromatic carbocycles. The van der Waals surface area contributed by atoms with Crippen LogP contribution < -0.4 is 10.6 Å². The number of carbonyl (C=O) groups excluding carboxylic acids is 2. The maximum atomic E-state index is 12.1. The second-order valence-corrected chi connectivity index (χ2v) is 9.76. The highest BCUT2D eigenvalue weighted by atomic mass is 16.7. The summed E-state index contributed by atoms with van der Waals surface area (Å²) in [5.74, 6) is -0.453. The van der Waals surface area contributed by atoms with Crippen molar-refractivity contribution in [2.45, 2.75) is 51.5 Å². The van der Waals surface area contributed by atoms with Crippen molar-refractivity contribution in [3.63, 3.8) is 0 Å². The number of esters is 1. The van der Waals surface area contributed by atoms with Gasteiger partial charge in [-0.05, 0) is 36.6 Å². The van der Waals surface area contributed by atoms with Crippen LogP contribution in [0.25, 0.3) is 0 Å². The minimum absolute atomic E-state index is 0.0196. The van der Waals surface area contributed by atoms with Gasteiger partial charge in [0.25, 0.3) is 0 Å². The molecule has 2 fully saturated rings. The minimum atomic E-state index is -0.627. The van der Waals surface area contributed by atoms with Crippen LogP contribution in [0, 0.1) is 5.92 Å². The number of aliphatic hydroxyl groups excluding tert-OH is 2. The van der Waals surface area contributed by atoms with Crippen LogP contribution in [-0.2, 0) is 25.6 Å². The molecule has 0 spiro atoms. The van der Waals surface area contributed by atoms with E-state index in [2.05, 4.69) is 22.5 Å². The highest BCUT2D eigenvalue weighted by Gasteiger charge is 2.39. The van der Waals surface area contributed by atoms with Crippen molar-refractivity contribution in [2.24, 2.45) is 5.92 Å². The van der Waals surface area contributed by atoms with Crippen molar-refractivity contribution in [3.05, 3.63) is 65.2 Å². The van der Waals surface area contributed by atoms with Crippen LogP contribution in [0.5, 0.6) is 0 Å². The van der Waals surface area contributed by atoms with Gasteiger partial charge in [0, 0.05) is 36.8 Å². The van der Waals surface area contributed by atoms with Gasteiger partial charge in [0.05, 0.1) is 31.5 Å². The summed E-state index contributed by atoms with van der Waals surface area (Å²) in [6, 6.07) is 14.4. The minimum Gasteiger partial charge on any atom is -0.465 e. The molecule has 0 aromatic heterocycles. The molecule has 206 valence electrons. The molecule has 2 aliphatic heterocycles. The molecule has 4 N–H and O–H groups in total. The van der Waals surface area contributed by atoms with Crippen LogP contribution in [0.4, 0.5) is 10.5 Å². The van der Waals surface area contributed by atoms with Crippen LogP contribution in [0.15, 0.2) is 48.5 Å². The summed E-state index contributed by atoms with van der Waals surface area (Å²) < 4.78 is 17.7. The lowest BCUT2D eigenvalue weighted by Gasteiger charge is -2.42. The summed E-state index contributed by atoms with van der Waals surface area (Å²) in [5.41, 5.74) is 3.20. The van der Waals surface area contributed by atoms with Gasteiger partial charge in [0.15, 0.2) is 6.29 Å². The van der Waals surface area contributed by atoms with Crippen molar-refractivity contribution < 1.29 is 34.0 Å². The van der Waals surface area contributed by atoms with Gasteiger partial charge in [-0.2, -0.15) is 0 Å². The number of carbonyl (C=O) groups is 2. The van der Waals surface area contributed by atoms with Crippen LogP contribution in [0.2, 0.25) is 0 Å². The molecule has 2 aliphatic rings. The zero-order chi connectivity index (χ0) is 27.1.